The van der Waals surface area contributed by atoms with Crippen LogP contribution in [0.3, 0.4) is 0 Å². The summed E-state index contributed by atoms with van der Waals surface area (Å²) in [5.74, 6) is 2.81. The Morgan fingerprint density at radius 2 is 1.88 bits per heavy atom. The molecule has 3 fully saturated rings. The van der Waals surface area contributed by atoms with Crippen LogP contribution in [0.25, 0.3) is 0 Å². The second-order valence-corrected chi connectivity index (χ2v) is 13.4. The Morgan fingerprint density at radius 1 is 1.12 bits per heavy atom. The molecule has 0 radical (unpaired) electrons. The van der Waals surface area contributed by atoms with Crippen LogP contribution in [0.2, 0.25) is 0 Å². The van der Waals surface area contributed by atoms with Gasteiger partial charge in [-0.25, -0.2) is 14.4 Å². The number of anilines is 2. The van der Waals surface area contributed by atoms with E-state index in [9.17, 15) is 9.65 Å². The Labute approximate surface area is 252 Å². The number of aryl methyl sites for hydroxylation is 1. The number of nitrogens with zero attached hydrogens (tertiary/aromatic N) is 5. The summed E-state index contributed by atoms with van der Waals surface area (Å²) in [7, 11) is 0. The van der Waals surface area contributed by atoms with E-state index in [0.29, 0.717) is 23.7 Å². The van der Waals surface area contributed by atoms with Crippen LogP contribution in [0.1, 0.15) is 131 Å². The summed E-state index contributed by atoms with van der Waals surface area (Å²) < 4.78 is 12.8. The molecule has 2 N–H and O–H groups in total. The van der Waals surface area contributed by atoms with Crippen molar-refractivity contribution in [3.05, 3.63) is 45.9 Å². The summed E-state index contributed by atoms with van der Waals surface area (Å²) in [6.07, 6.45) is 12.6. The fraction of sp³-hybridized carbons (Fsp3) is 0.686. The molecule has 4 unspecified atom stereocenters. The van der Waals surface area contributed by atoms with Gasteiger partial charge in [0, 0.05) is 42.8 Å². The number of nitriles is 1. The molecule has 1 aromatic carbocycles. The minimum absolute atomic E-state index is 0.236. The van der Waals surface area contributed by atoms with Gasteiger partial charge >= 0.3 is 0 Å². The summed E-state index contributed by atoms with van der Waals surface area (Å²) >= 11 is 0. The smallest absolute Gasteiger partial charge is 0.135 e. The van der Waals surface area contributed by atoms with Gasteiger partial charge in [-0.1, -0.05) is 39.7 Å². The fourth-order valence-electron chi connectivity index (χ4n) is 7.86. The molecule has 0 amide bonds. The van der Waals surface area contributed by atoms with Crippen molar-refractivity contribution >= 4 is 11.5 Å². The summed E-state index contributed by atoms with van der Waals surface area (Å²) in [6, 6.07) is 6.49. The van der Waals surface area contributed by atoms with Crippen molar-refractivity contribution in [1.29, 1.82) is 5.26 Å². The van der Waals surface area contributed by atoms with Crippen molar-refractivity contribution in [2.75, 3.05) is 36.8 Å². The average molecular weight is 575 g/mol. The van der Waals surface area contributed by atoms with E-state index >= 15 is 0 Å². The van der Waals surface area contributed by atoms with E-state index in [4.69, 9.17) is 15.7 Å². The maximum atomic E-state index is 12.8. The summed E-state index contributed by atoms with van der Waals surface area (Å²) in [5, 5.41) is 9.96. The number of hydrogen-bond acceptors (Lipinski definition) is 6. The molecule has 6 rings (SSSR count). The van der Waals surface area contributed by atoms with E-state index in [0.717, 1.165) is 64.0 Å². The van der Waals surface area contributed by atoms with Crippen LogP contribution in [0, 0.1) is 11.3 Å². The SMILES string of the molecule is CC12CCCN1CC(F)C2.CCc1nc2c(c(N3CCCCCC3)n1)CCC(c1c(C(C)CC)ccc(N)c1C#N)C2. The monoisotopic (exact) mass is 574 g/mol. The summed E-state index contributed by atoms with van der Waals surface area (Å²) in [4.78, 5) is 14.8. The van der Waals surface area contributed by atoms with Crippen molar-refractivity contribution in [3.63, 3.8) is 0 Å². The number of halogens is 1. The van der Waals surface area contributed by atoms with E-state index < -0.39 is 6.17 Å². The van der Waals surface area contributed by atoms with Gasteiger partial charge in [-0.2, -0.15) is 5.26 Å². The lowest BCUT2D eigenvalue weighted by molar-refractivity contribution is 0.217. The standard InChI is InChI=1S/C27H37N5.C8H14FN/c1-4-18(3)20-12-13-23(29)22(17-28)26(20)19-10-11-21-24(16-19)30-25(5-2)31-27(21)32-14-8-6-7-9-15-32;1-8-3-2-4-10(8)6-7(9)5-8/h12-13,18-19H,4-11,14-16,29H2,1-3H3;7H,2-6H2,1H3. The van der Waals surface area contributed by atoms with E-state index in [1.165, 1.54) is 66.7 Å². The molecular formula is C35H51FN6. The third kappa shape index (κ3) is 6.30. The zero-order valence-electron chi connectivity index (χ0n) is 26.4. The van der Waals surface area contributed by atoms with Crippen molar-refractivity contribution in [3.8, 4) is 6.07 Å². The molecule has 6 nitrogen and oxygen atoms in total. The van der Waals surface area contributed by atoms with Gasteiger partial charge in [0.1, 0.15) is 23.9 Å². The Bertz CT molecular complexity index is 1280. The Balaban J connectivity index is 0.000000295. The van der Waals surface area contributed by atoms with E-state index in [-0.39, 0.29) is 11.5 Å². The van der Waals surface area contributed by atoms with Gasteiger partial charge in [-0.05, 0) is 100 Å². The largest absolute Gasteiger partial charge is 0.398 e. The van der Waals surface area contributed by atoms with Crippen molar-refractivity contribution in [2.45, 2.75) is 128 Å². The molecule has 7 heteroatoms. The van der Waals surface area contributed by atoms with Crippen LogP contribution < -0.4 is 10.6 Å². The second kappa shape index (κ2) is 13.3. The Hall–Kier alpha value is -2.72. The van der Waals surface area contributed by atoms with E-state index in [2.05, 4.69) is 49.6 Å². The van der Waals surface area contributed by atoms with Gasteiger partial charge in [-0.3, -0.25) is 4.90 Å². The molecule has 228 valence electrons. The Morgan fingerprint density at radius 3 is 2.55 bits per heavy atom. The number of hydrogen-bond donors (Lipinski definition) is 1. The molecule has 42 heavy (non-hydrogen) atoms. The average Bonchev–Trinajstić information content (AvgIpc) is 3.33. The minimum atomic E-state index is -0.551. The molecule has 3 aliphatic heterocycles. The normalized spacial score (nSPS) is 26.4. The van der Waals surface area contributed by atoms with E-state index in [1.54, 1.807) is 0 Å². The second-order valence-electron chi connectivity index (χ2n) is 13.4. The van der Waals surface area contributed by atoms with Crippen LogP contribution in [0.15, 0.2) is 12.1 Å². The highest BCUT2D eigenvalue weighted by molar-refractivity contribution is 5.63. The first-order chi connectivity index (χ1) is 20.3. The zero-order chi connectivity index (χ0) is 29.9. The summed E-state index contributed by atoms with van der Waals surface area (Å²) in [6.45, 7) is 12.8. The zero-order valence-corrected chi connectivity index (χ0v) is 26.4. The van der Waals surface area contributed by atoms with Gasteiger partial charge in [0.15, 0.2) is 0 Å². The third-order valence-corrected chi connectivity index (χ3v) is 10.5. The lowest BCUT2D eigenvalue weighted by atomic mass is 9.76. The maximum Gasteiger partial charge on any atom is 0.135 e. The molecule has 0 bridgehead atoms. The summed E-state index contributed by atoms with van der Waals surface area (Å²) in [5.41, 5.74) is 12.8. The van der Waals surface area contributed by atoms with Crippen molar-refractivity contribution in [2.24, 2.45) is 0 Å². The molecule has 1 aromatic heterocycles. The van der Waals surface area contributed by atoms with Crippen LogP contribution in [0.5, 0.6) is 0 Å². The lowest BCUT2D eigenvalue weighted by Gasteiger charge is -2.32. The van der Waals surface area contributed by atoms with Crippen molar-refractivity contribution < 1.29 is 4.39 Å². The number of alkyl halides is 1. The minimum Gasteiger partial charge on any atom is -0.398 e. The fourth-order valence-corrected chi connectivity index (χ4v) is 7.86. The lowest BCUT2D eigenvalue weighted by Crippen LogP contribution is -2.34. The predicted octanol–water partition coefficient (Wildman–Crippen LogP) is 7.24. The molecule has 4 aliphatic rings. The first kappa shape index (κ1) is 30.7. The molecule has 0 saturated carbocycles. The molecular weight excluding hydrogens is 523 g/mol. The van der Waals surface area contributed by atoms with Crippen molar-refractivity contribution in [1.82, 2.24) is 14.9 Å². The van der Waals surface area contributed by atoms with Gasteiger partial charge in [-0.15, -0.1) is 0 Å². The number of nitrogen functional groups attached to an aromatic ring is 1. The number of aromatic nitrogens is 2. The quantitative estimate of drug-likeness (QED) is 0.379. The van der Waals surface area contributed by atoms with Crippen LogP contribution in [-0.4, -0.2) is 52.8 Å². The first-order valence-electron chi connectivity index (χ1n) is 16.6. The predicted molar refractivity (Wildman–Crippen MR) is 170 cm³/mol. The highest BCUT2D eigenvalue weighted by Crippen LogP contribution is 2.42. The van der Waals surface area contributed by atoms with Gasteiger partial charge in [0.2, 0.25) is 0 Å². The molecule has 3 saturated heterocycles. The molecule has 4 atom stereocenters. The highest BCUT2D eigenvalue weighted by atomic mass is 19.1. The van der Waals surface area contributed by atoms with Crippen LogP contribution in [0.4, 0.5) is 15.9 Å². The molecule has 2 aromatic rings. The topological polar surface area (TPSA) is 82.1 Å². The number of rotatable bonds is 5. The van der Waals surface area contributed by atoms with Gasteiger partial charge < -0.3 is 10.6 Å². The number of fused-ring (bicyclic) bond motifs is 2. The molecule has 0 spiro atoms. The van der Waals surface area contributed by atoms with Crippen LogP contribution in [-0.2, 0) is 19.3 Å². The van der Waals surface area contributed by atoms with Gasteiger partial charge in [0.05, 0.1) is 11.3 Å². The number of nitrogens with two attached hydrogens (primary N) is 1. The van der Waals surface area contributed by atoms with Crippen LogP contribution >= 0.6 is 0 Å². The first-order valence-corrected chi connectivity index (χ1v) is 16.6. The molecule has 1 aliphatic carbocycles. The Kier molecular flexibility index (Phi) is 9.72. The van der Waals surface area contributed by atoms with E-state index in [1.807, 2.05) is 6.07 Å². The van der Waals surface area contributed by atoms with Gasteiger partial charge in [0.25, 0.3) is 0 Å². The third-order valence-electron chi connectivity index (χ3n) is 10.5. The molecule has 4 heterocycles. The maximum absolute atomic E-state index is 12.8. The highest BCUT2D eigenvalue weighted by Gasteiger charge is 2.44. The number of benzene rings is 1.